The van der Waals surface area contributed by atoms with Crippen LogP contribution in [0.3, 0.4) is 0 Å². The van der Waals surface area contributed by atoms with E-state index in [2.05, 4.69) is 29.3 Å². The number of quaternary nitrogens is 1. The minimum Gasteiger partial charge on any atom is -0.386 e. The standard InChI is InChI=1S/C25H38N4O5S.C2H6/c1-17-7-8-18(2)21(19(17)3)20(4)22(23-26-27-24(30)34-23)29(5,6)35(31,32)28-13-9-25(10-14-28)11-15-33-16-12-25;1-2/h7-8,20,22H,9-16H2,1-6H3;1-2H3/p+1. The van der Waals surface area contributed by atoms with Crippen molar-refractivity contribution >= 4 is 10.2 Å². The molecule has 37 heavy (non-hydrogen) atoms. The lowest BCUT2D eigenvalue weighted by Gasteiger charge is -2.46. The van der Waals surface area contributed by atoms with Crippen LogP contribution in [0, 0.1) is 26.2 Å². The molecule has 2 atom stereocenters. The molecule has 0 aliphatic carbocycles. The van der Waals surface area contributed by atoms with Gasteiger partial charge in [0.05, 0.1) is 14.1 Å². The molecule has 1 N–H and O–H groups in total. The van der Waals surface area contributed by atoms with Gasteiger partial charge in [0.25, 0.3) is 5.89 Å². The van der Waals surface area contributed by atoms with Crippen molar-refractivity contribution in [3.05, 3.63) is 50.8 Å². The molecule has 1 aromatic heterocycles. The zero-order valence-corrected chi connectivity index (χ0v) is 24.6. The Kier molecular flexibility index (Phi) is 9.09. The highest BCUT2D eigenvalue weighted by molar-refractivity contribution is 7.83. The summed E-state index contributed by atoms with van der Waals surface area (Å²) in [5.41, 5.74) is 4.55. The van der Waals surface area contributed by atoms with Gasteiger partial charge in [-0.3, -0.25) is 0 Å². The Labute approximate surface area is 222 Å². The summed E-state index contributed by atoms with van der Waals surface area (Å²) in [5.74, 6) is -0.862. The molecule has 4 rings (SSSR count). The van der Waals surface area contributed by atoms with Crippen molar-refractivity contribution in [2.24, 2.45) is 5.41 Å². The number of nitrogens with one attached hydrogen (secondary N) is 1. The predicted molar refractivity (Wildman–Crippen MR) is 145 cm³/mol. The maximum Gasteiger partial charge on any atom is 0.434 e. The number of hydrogen-bond acceptors (Lipinski definition) is 6. The van der Waals surface area contributed by atoms with Gasteiger partial charge in [-0.05, 0) is 74.1 Å². The molecule has 2 aliphatic heterocycles. The normalized spacial score (nSPS) is 20.2. The van der Waals surface area contributed by atoms with Gasteiger partial charge in [0.2, 0.25) is 0 Å². The van der Waals surface area contributed by atoms with E-state index in [0.29, 0.717) is 13.1 Å². The lowest BCUT2D eigenvalue weighted by Crippen LogP contribution is -2.58. The van der Waals surface area contributed by atoms with Gasteiger partial charge in [0, 0.05) is 32.2 Å². The highest BCUT2D eigenvalue weighted by atomic mass is 32.2. The molecule has 0 bridgehead atoms. The van der Waals surface area contributed by atoms with E-state index in [4.69, 9.17) is 9.15 Å². The number of ether oxygens (including phenoxy) is 1. The van der Waals surface area contributed by atoms with E-state index in [9.17, 15) is 13.2 Å². The fourth-order valence-electron chi connectivity index (χ4n) is 6.15. The van der Waals surface area contributed by atoms with Gasteiger partial charge in [-0.2, -0.15) is 16.6 Å². The zero-order chi connectivity index (χ0) is 27.6. The van der Waals surface area contributed by atoms with E-state index >= 15 is 0 Å². The van der Waals surface area contributed by atoms with Crippen molar-refractivity contribution in [2.75, 3.05) is 40.4 Å². The Bertz CT molecular complexity index is 1220. The topological polar surface area (TPSA) is 106 Å². The second-order valence-corrected chi connectivity index (χ2v) is 13.2. The molecule has 2 aromatic rings. The molecule has 2 aliphatic rings. The minimum absolute atomic E-state index is 0.106. The van der Waals surface area contributed by atoms with Crippen LogP contribution in [0.1, 0.15) is 86.6 Å². The van der Waals surface area contributed by atoms with Crippen LogP contribution < -0.4 is 5.76 Å². The highest BCUT2D eigenvalue weighted by Crippen LogP contribution is 2.45. The van der Waals surface area contributed by atoms with Crippen molar-refractivity contribution in [3.8, 4) is 0 Å². The van der Waals surface area contributed by atoms with Gasteiger partial charge in [0.15, 0.2) is 6.04 Å². The van der Waals surface area contributed by atoms with Crippen LogP contribution in [-0.4, -0.2) is 67.2 Å². The van der Waals surface area contributed by atoms with E-state index in [1.165, 1.54) is 0 Å². The number of aryl methyl sites for hydroxylation is 2. The SMILES string of the molecule is CC.Cc1ccc(C)c(C(C)C(c2n[nH]c(=O)o2)[N+](C)(C)S(=O)(=O)N2CCC3(CCOCC3)CC2)c1C. The Morgan fingerprint density at radius 3 is 2.14 bits per heavy atom. The fourth-order valence-corrected chi connectivity index (χ4v) is 7.95. The number of likely N-dealkylation sites (N-methyl/N-ethyl adjacent to an activating group) is 1. The minimum atomic E-state index is -3.82. The molecular weight excluding hydrogens is 492 g/mol. The summed E-state index contributed by atoms with van der Waals surface area (Å²) in [5, 5.41) is 6.46. The summed E-state index contributed by atoms with van der Waals surface area (Å²) in [7, 11) is -0.450. The number of benzene rings is 1. The number of piperidine rings is 1. The van der Waals surface area contributed by atoms with Gasteiger partial charge in [0.1, 0.15) is 0 Å². The largest absolute Gasteiger partial charge is 0.434 e. The van der Waals surface area contributed by atoms with Crippen LogP contribution in [0.5, 0.6) is 0 Å². The second kappa shape index (κ2) is 11.4. The quantitative estimate of drug-likeness (QED) is 0.549. The first-order valence-corrected chi connectivity index (χ1v) is 14.8. The van der Waals surface area contributed by atoms with Crippen LogP contribution in [0.15, 0.2) is 21.3 Å². The Morgan fingerprint density at radius 2 is 1.59 bits per heavy atom. The smallest absolute Gasteiger partial charge is 0.386 e. The molecule has 2 saturated heterocycles. The van der Waals surface area contributed by atoms with E-state index in [1.54, 1.807) is 18.4 Å². The Morgan fingerprint density at radius 1 is 1.03 bits per heavy atom. The van der Waals surface area contributed by atoms with E-state index in [0.717, 1.165) is 61.2 Å². The summed E-state index contributed by atoms with van der Waals surface area (Å²) in [6.07, 6.45) is 3.65. The van der Waals surface area contributed by atoms with Gasteiger partial charge in [-0.1, -0.05) is 32.9 Å². The van der Waals surface area contributed by atoms with E-state index in [-0.39, 0.29) is 17.2 Å². The maximum absolute atomic E-state index is 14.2. The van der Waals surface area contributed by atoms with Crippen molar-refractivity contribution < 1.29 is 21.5 Å². The molecule has 10 heteroatoms. The van der Waals surface area contributed by atoms with Crippen LogP contribution >= 0.6 is 0 Å². The molecule has 1 aromatic carbocycles. The summed E-state index contributed by atoms with van der Waals surface area (Å²) in [4.78, 5) is 11.9. The first-order valence-electron chi connectivity index (χ1n) is 13.4. The highest BCUT2D eigenvalue weighted by Gasteiger charge is 2.52. The fraction of sp³-hybridized carbons (Fsp3) is 0.704. The third-order valence-corrected chi connectivity index (χ3v) is 11.0. The number of aromatic nitrogens is 2. The first-order chi connectivity index (χ1) is 17.4. The Balaban J connectivity index is 0.00000186. The molecule has 3 heterocycles. The molecular formula is C27H45N4O5S+. The lowest BCUT2D eigenvalue weighted by molar-refractivity contribution is -0.805. The maximum atomic E-state index is 14.2. The van der Waals surface area contributed by atoms with Crippen LogP contribution in [0.4, 0.5) is 0 Å². The molecule has 2 unspecified atom stereocenters. The van der Waals surface area contributed by atoms with Crippen LogP contribution in [-0.2, 0) is 14.9 Å². The van der Waals surface area contributed by atoms with Crippen molar-refractivity contribution in [2.45, 2.75) is 79.2 Å². The second-order valence-electron chi connectivity index (χ2n) is 10.8. The monoisotopic (exact) mass is 537 g/mol. The van der Waals surface area contributed by atoms with Crippen molar-refractivity contribution in [1.29, 1.82) is 0 Å². The molecule has 0 saturated carbocycles. The summed E-state index contributed by atoms with van der Waals surface area (Å²) < 4.78 is 40.6. The number of aromatic amines is 1. The molecule has 1 spiro atoms. The zero-order valence-electron chi connectivity index (χ0n) is 23.8. The van der Waals surface area contributed by atoms with E-state index < -0.39 is 25.9 Å². The van der Waals surface area contributed by atoms with Crippen LogP contribution in [0.25, 0.3) is 0 Å². The number of rotatable bonds is 6. The van der Waals surface area contributed by atoms with Gasteiger partial charge in [-0.25, -0.2) is 9.89 Å². The molecule has 2 fully saturated rings. The predicted octanol–water partition coefficient (Wildman–Crippen LogP) is 4.37. The van der Waals surface area contributed by atoms with Crippen molar-refractivity contribution in [1.82, 2.24) is 14.5 Å². The van der Waals surface area contributed by atoms with Gasteiger partial charge >= 0.3 is 16.0 Å². The number of nitrogens with zero attached hydrogens (tertiary/aromatic N) is 3. The number of hydrogen-bond donors (Lipinski definition) is 1. The lowest BCUT2D eigenvalue weighted by atomic mass is 9.73. The molecule has 208 valence electrons. The summed E-state index contributed by atoms with van der Waals surface area (Å²) in [6.45, 7) is 14.6. The third-order valence-electron chi connectivity index (χ3n) is 8.57. The molecule has 0 amide bonds. The van der Waals surface area contributed by atoms with Crippen molar-refractivity contribution in [3.63, 3.8) is 0 Å². The summed E-state index contributed by atoms with van der Waals surface area (Å²) in [6, 6.07) is 3.40. The molecule has 0 radical (unpaired) electrons. The average Bonchev–Trinajstić information content (AvgIpc) is 3.29. The van der Waals surface area contributed by atoms with Gasteiger partial charge < -0.3 is 9.15 Å². The third kappa shape index (κ3) is 5.57. The molecule has 9 nitrogen and oxygen atoms in total. The van der Waals surface area contributed by atoms with E-state index in [1.807, 2.05) is 34.6 Å². The number of H-pyrrole nitrogens is 1. The summed E-state index contributed by atoms with van der Waals surface area (Å²) >= 11 is 0. The first kappa shape index (κ1) is 29.5. The van der Waals surface area contributed by atoms with Crippen LogP contribution in [0.2, 0.25) is 0 Å². The average molecular weight is 538 g/mol. The Hall–Kier alpha value is -2.01. The van der Waals surface area contributed by atoms with Gasteiger partial charge in [-0.15, -0.1) is 5.10 Å².